The van der Waals surface area contributed by atoms with Gasteiger partial charge in [-0.15, -0.1) is 0 Å². The third-order valence-electron chi connectivity index (χ3n) is 2.61. The van der Waals surface area contributed by atoms with E-state index in [4.69, 9.17) is 0 Å². The predicted octanol–water partition coefficient (Wildman–Crippen LogP) is 5.82. The van der Waals surface area contributed by atoms with Crippen molar-refractivity contribution < 1.29 is 0 Å². The fraction of sp³-hybridized carbons (Fsp3) is 0.846. The molecular weight excluding hydrogens is 236 g/mol. The highest BCUT2D eigenvalue weighted by molar-refractivity contribution is 9.11. The molecule has 0 saturated heterocycles. The molecule has 0 unspecified atom stereocenters. The zero-order chi connectivity index (χ0) is 10.6. The van der Waals surface area contributed by atoms with E-state index in [-0.39, 0.29) is 0 Å². The number of hydrogen-bond donors (Lipinski definition) is 0. The van der Waals surface area contributed by atoms with E-state index in [2.05, 4.69) is 34.8 Å². The fourth-order valence-electron chi connectivity index (χ4n) is 1.59. The molecule has 0 aliphatic carbocycles. The molecule has 0 aromatic carbocycles. The van der Waals surface area contributed by atoms with Crippen molar-refractivity contribution in [2.75, 3.05) is 0 Å². The molecule has 0 atom stereocenters. The van der Waals surface area contributed by atoms with Gasteiger partial charge in [0.25, 0.3) is 0 Å². The van der Waals surface area contributed by atoms with E-state index in [1.807, 2.05) is 0 Å². The summed E-state index contributed by atoms with van der Waals surface area (Å²) >= 11 is 3.47. The van der Waals surface area contributed by atoms with Crippen LogP contribution in [0.15, 0.2) is 10.6 Å². The standard InChI is InChI=1S/C13H25Br/c1-3-5-7-8-9-11-13(12-14)10-6-4-2/h12H,3-11H2,1-2H3. The van der Waals surface area contributed by atoms with Crippen molar-refractivity contribution in [1.29, 1.82) is 0 Å². The molecule has 84 valence electrons. The van der Waals surface area contributed by atoms with Crippen molar-refractivity contribution in [3.63, 3.8) is 0 Å². The topological polar surface area (TPSA) is 0 Å². The van der Waals surface area contributed by atoms with Crippen molar-refractivity contribution in [2.24, 2.45) is 0 Å². The number of allylic oxidation sites excluding steroid dienone is 1. The normalized spacial score (nSPS) is 12.1. The van der Waals surface area contributed by atoms with Crippen LogP contribution in [0.4, 0.5) is 0 Å². The highest BCUT2D eigenvalue weighted by Crippen LogP contribution is 2.17. The molecular formula is C13H25Br. The quantitative estimate of drug-likeness (QED) is 0.459. The van der Waals surface area contributed by atoms with Gasteiger partial charge in [0, 0.05) is 0 Å². The van der Waals surface area contributed by atoms with Crippen molar-refractivity contribution >= 4 is 15.9 Å². The van der Waals surface area contributed by atoms with Crippen LogP contribution in [-0.4, -0.2) is 0 Å². The van der Waals surface area contributed by atoms with Gasteiger partial charge in [0.2, 0.25) is 0 Å². The Kier molecular flexibility index (Phi) is 11.5. The highest BCUT2D eigenvalue weighted by atomic mass is 79.9. The second kappa shape index (κ2) is 11.3. The van der Waals surface area contributed by atoms with E-state index >= 15 is 0 Å². The summed E-state index contributed by atoms with van der Waals surface area (Å²) in [7, 11) is 0. The molecule has 0 heterocycles. The summed E-state index contributed by atoms with van der Waals surface area (Å²) in [5.41, 5.74) is 1.60. The van der Waals surface area contributed by atoms with Gasteiger partial charge in [-0.3, -0.25) is 0 Å². The van der Waals surface area contributed by atoms with Crippen LogP contribution in [-0.2, 0) is 0 Å². The Morgan fingerprint density at radius 2 is 1.43 bits per heavy atom. The molecule has 0 fully saturated rings. The molecule has 0 nitrogen and oxygen atoms in total. The van der Waals surface area contributed by atoms with Crippen LogP contribution in [0.3, 0.4) is 0 Å². The van der Waals surface area contributed by atoms with E-state index in [9.17, 15) is 0 Å². The fourth-order valence-corrected chi connectivity index (χ4v) is 2.05. The van der Waals surface area contributed by atoms with Crippen LogP contribution >= 0.6 is 15.9 Å². The number of unbranched alkanes of at least 4 members (excludes halogenated alkanes) is 5. The lowest BCUT2D eigenvalue weighted by molar-refractivity contribution is 0.620. The van der Waals surface area contributed by atoms with E-state index in [0.29, 0.717) is 0 Å². The van der Waals surface area contributed by atoms with Gasteiger partial charge in [0.15, 0.2) is 0 Å². The van der Waals surface area contributed by atoms with Gasteiger partial charge in [-0.25, -0.2) is 0 Å². The van der Waals surface area contributed by atoms with Gasteiger partial charge in [-0.2, -0.15) is 0 Å². The molecule has 0 aliphatic rings. The van der Waals surface area contributed by atoms with Crippen LogP contribution in [0.1, 0.15) is 71.6 Å². The SMILES string of the molecule is CCCCCCCC(=CBr)CCCC. The molecule has 0 bridgehead atoms. The van der Waals surface area contributed by atoms with Crippen LogP contribution in [0, 0.1) is 0 Å². The maximum Gasteiger partial charge on any atom is -0.0197 e. The lowest BCUT2D eigenvalue weighted by Crippen LogP contribution is -1.85. The second-order valence-corrected chi connectivity index (χ2v) is 4.49. The first kappa shape index (κ1) is 14.2. The van der Waals surface area contributed by atoms with Crippen molar-refractivity contribution in [1.82, 2.24) is 0 Å². The summed E-state index contributed by atoms with van der Waals surface area (Å²) in [4.78, 5) is 2.14. The number of rotatable bonds is 9. The molecule has 0 radical (unpaired) electrons. The van der Waals surface area contributed by atoms with E-state index in [1.54, 1.807) is 5.57 Å². The lowest BCUT2D eigenvalue weighted by Gasteiger charge is -2.05. The average molecular weight is 261 g/mol. The van der Waals surface area contributed by atoms with Gasteiger partial charge in [0.05, 0.1) is 0 Å². The van der Waals surface area contributed by atoms with Gasteiger partial charge >= 0.3 is 0 Å². The van der Waals surface area contributed by atoms with Crippen molar-refractivity contribution in [3.05, 3.63) is 10.6 Å². The van der Waals surface area contributed by atoms with Gasteiger partial charge < -0.3 is 0 Å². The van der Waals surface area contributed by atoms with Crippen molar-refractivity contribution in [3.8, 4) is 0 Å². The first-order valence-electron chi connectivity index (χ1n) is 6.13. The minimum absolute atomic E-state index is 1.29. The molecule has 1 heteroatoms. The van der Waals surface area contributed by atoms with E-state index in [0.717, 1.165) is 0 Å². The van der Waals surface area contributed by atoms with Gasteiger partial charge in [0.1, 0.15) is 0 Å². The van der Waals surface area contributed by atoms with E-state index in [1.165, 1.54) is 57.8 Å². The minimum Gasteiger partial charge on any atom is -0.0654 e. The molecule has 0 aromatic rings. The molecule has 0 saturated carbocycles. The zero-order valence-electron chi connectivity index (χ0n) is 9.82. The second-order valence-electron chi connectivity index (χ2n) is 4.04. The maximum atomic E-state index is 3.47. The first-order chi connectivity index (χ1) is 6.85. The maximum absolute atomic E-state index is 3.47. The number of hydrogen-bond acceptors (Lipinski definition) is 0. The van der Waals surface area contributed by atoms with Crippen LogP contribution in [0.2, 0.25) is 0 Å². The summed E-state index contributed by atoms with van der Waals surface area (Å²) in [6.07, 6.45) is 12.2. The average Bonchev–Trinajstić information content (AvgIpc) is 2.22. The first-order valence-corrected chi connectivity index (χ1v) is 7.04. The Labute approximate surface area is 98.3 Å². The highest BCUT2D eigenvalue weighted by Gasteiger charge is 1.96. The number of halogens is 1. The van der Waals surface area contributed by atoms with Gasteiger partial charge in [-0.05, 0) is 30.7 Å². The predicted molar refractivity (Wildman–Crippen MR) is 69.9 cm³/mol. The molecule has 0 aromatic heterocycles. The molecule has 0 amide bonds. The summed E-state index contributed by atoms with van der Waals surface area (Å²) < 4.78 is 0. The zero-order valence-corrected chi connectivity index (χ0v) is 11.4. The van der Waals surface area contributed by atoms with Crippen molar-refractivity contribution in [2.45, 2.75) is 71.6 Å². The lowest BCUT2D eigenvalue weighted by atomic mass is 10.0. The van der Waals surface area contributed by atoms with E-state index < -0.39 is 0 Å². The van der Waals surface area contributed by atoms with Crippen LogP contribution in [0.5, 0.6) is 0 Å². The summed E-state index contributed by atoms with van der Waals surface area (Å²) in [5.74, 6) is 0. The van der Waals surface area contributed by atoms with Gasteiger partial charge in [-0.1, -0.05) is 67.5 Å². The Bertz CT molecular complexity index is 138. The van der Waals surface area contributed by atoms with Crippen LogP contribution < -0.4 is 0 Å². The summed E-state index contributed by atoms with van der Waals surface area (Å²) in [6.45, 7) is 4.53. The molecule has 0 N–H and O–H groups in total. The minimum atomic E-state index is 1.29. The third-order valence-corrected chi connectivity index (χ3v) is 3.25. The largest absolute Gasteiger partial charge is 0.0654 e. The smallest absolute Gasteiger partial charge is 0.0197 e. The third kappa shape index (κ3) is 8.80. The molecule has 0 aliphatic heterocycles. The van der Waals surface area contributed by atoms with Crippen LogP contribution in [0.25, 0.3) is 0 Å². The monoisotopic (exact) mass is 260 g/mol. The summed E-state index contributed by atoms with van der Waals surface area (Å²) in [6, 6.07) is 0. The Morgan fingerprint density at radius 3 is 2.00 bits per heavy atom. The summed E-state index contributed by atoms with van der Waals surface area (Å²) in [5, 5.41) is 0. The molecule has 0 rings (SSSR count). The Balaban J connectivity index is 3.34. The Morgan fingerprint density at radius 1 is 0.857 bits per heavy atom. The molecule has 0 spiro atoms. The molecule has 14 heavy (non-hydrogen) atoms. The Hall–Kier alpha value is 0.220.